The number of carboxylic acid groups (broad SMARTS) is 2. The Bertz CT molecular complexity index is 515. The number of methoxy groups -OCH3 is 1. The van der Waals surface area contributed by atoms with Gasteiger partial charge in [0.05, 0.1) is 0 Å². The number of carbonyl (C=O) groups is 3. The van der Waals surface area contributed by atoms with E-state index in [2.05, 4.69) is 5.32 Å². The number of amides is 1. The molecule has 0 aromatic carbocycles. The van der Waals surface area contributed by atoms with Gasteiger partial charge in [0.1, 0.15) is 0 Å². The Hall–Kier alpha value is -0.345. The van der Waals surface area contributed by atoms with Crippen LogP contribution in [0.4, 0.5) is 0 Å². The summed E-state index contributed by atoms with van der Waals surface area (Å²) in [6.45, 7) is 5.93. The predicted octanol–water partition coefficient (Wildman–Crippen LogP) is 1.88. The second-order valence-electron chi connectivity index (χ2n) is 7.29. The van der Waals surface area contributed by atoms with Gasteiger partial charge in [-0.1, -0.05) is 0 Å². The Morgan fingerprint density at radius 2 is 1.96 bits per heavy atom. The van der Waals surface area contributed by atoms with Crippen LogP contribution in [0.5, 0.6) is 0 Å². The van der Waals surface area contributed by atoms with Crippen LogP contribution in [0.15, 0.2) is 0 Å². The molecule has 0 spiro atoms. The van der Waals surface area contributed by atoms with Crippen molar-refractivity contribution in [2.75, 3.05) is 19.4 Å². The van der Waals surface area contributed by atoms with Gasteiger partial charge in [-0.2, -0.15) is 0 Å². The molecular weight excluding hydrogens is 535 g/mol. The fourth-order valence-electron chi connectivity index (χ4n) is 3.42. The number of carboxylic acids is 2. The third-order valence-corrected chi connectivity index (χ3v) is 17.6. The molecule has 9 heteroatoms. The SMILES string of the molecule is COC(CNC(=O)C1(C)CCC(C(=O)O)C1(C)C)[CH2][Hg][S]CC(=O)O. The topological polar surface area (TPSA) is 113 Å². The molecule has 7 nitrogen and oxygen atoms in total. The van der Waals surface area contributed by atoms with Crippen LogP contribution in [-0.2, 0) is 42.2 Å². The van der Waals surface area contributed by atoms with Gasteiger partial charge in [-0.3, -0.25) is 0 Å². The summed E-state index contributed by atoms with van der Waals surface area (Å²) in [6, 6.07) is 0. The summed E-state index contributed by atoms with van der Waals surface area (Å²) < 4.78 is 6.25. The first-order chi connectivity index (χ1) is 11.6. The van der Waals surface area contributed by atoms with E-state index in [9.17, 15) is 19.5 Å². The van der Waals surface area contributed by atoms with Crippen molar-refractivity contribution in [1.29, 1.82) is 0 Å². The molecule has 0 aromatic rings. The molecule has 3 N–H and O–H groups in total. The fraction of sp³-hybridized carbons (Fsp3) is 0.812. The monoisotopic (exact) mass is 563 g/mol. The zero-order valence-electron chi connectivity index (χ0n) is 15.3. The molecule has 25 heavy (non-hydrogen) atoms. The molecule has 1 aliphatic carbocycles. The molecule has 140 valence electrons. The predicted molar refractivity (Wildman–Crippen MR) is 91.0 cm³/mol. The molecule has 0 radical (unpaired) electrons. The van der Waals surface area contributed by atoms with E-state index in [1.54, 1.807) is 7.11 Å². The van der Waals surface area contributed by atoms with Crippen molar-refractivity contribution in [2.24, 2.45) is 16.7 Å². The van der Waals surface area contributed by atoms with Crippen molar-refractivity contribution in [1.82, 2.24) is 5.32 Å². The van der Waals surface area contributed by atoms with Gasteiger partial charge in [-0.25, -0.2) is 0 Å². The summed E-state index contributed by atoms with van der Waals surface area (Å²) in [4.78, 5) is 34.7. The normalized spacial score (nSPS) is 25.8. The molecule has 0 aromatic heterocycles. The molecule has 1 rings (SSSR count). The zero-order chi connectivity index (χ0) is 19.3. The molecule has 1 aliphatic rings. The maximum absolute atomic E-state index is 12.8. The van der Waals surface area contributed by atoms with Gasteiger partial charge >= 0.3 is 164 Å². The van der Waals surface area contributed by atoms with E-state index in [0.717, 1.165) is 3.93 Å². The van der Waals surface area contributed by atoms with Crippen LogP contribution in [0.3, 0.4) is 0 Å². The summed E-state index contributed by atoms with van der Waals surface area (Å²) in [5.74, 6) is -2.14. The first-order valence-electron chi connectivity index (χ1n) is 8.39. The minimum absolute atomic E-state index is 0.102. The zero-order valence-corrected chi connectivity index (χ0v) is 21.6. The molecule has 3 atom stereocenters. The summed E-state index contributed by atoms with van der Waals surface area (Å²) >= 11 is -1.38. The molecule has 1 amide bonds. The van der Waals surface area contributed by atoms with E-state index in [4.69, 9.17) is 9.84 Å². The molecule has 0 aliphatic heterocycles. The van der Waals surface area contributed by atoms with E-state index in [-0.39, 0.29) is 17.8 Å². The Morgan fingerprint density at radius 3 is 2.44 bits per heavy atom. The van der Waals surface area contributed by atoms with Gasteiger partial charge in [0.15, 0.2) is 0 Å². The van der Waals surface area contributed by atoms with E-state index < -0.39 is 51.7 Å². The summed E-state index contributed by atoms with van der Waals surface area (Å²) in [5.41, 5.74) is -1.35. The van der Waals surface area contributed by atoms with Crippen molar-refractivity contribution in [3.05, 3.63) is 0 Å². The summed E-state index contributed by atoms with van der Waals surface area (Å²) in [5, 5.41) is 21.0. The van der Waals surface area contributed by atoms with Crippen LogP contribution in [-0.4, -0.2) is 53.6 Å². The van der Waals surface area contributed by atoms with E-state index in [1.165, 1.54) is 8.24 Å². The number of ether oxygens (including phenoxy) is 1. The Balaban J connectivity index is 2.57. The molecule has 3 unspecified atom stereocenters. The van der Waals surface area contributed by atoms with Crippen molar-refractivity contribution in [2.45, 2.75) is 43.6 Å². The summed E-state index contributed by atoms with van der Waals surface area (Å²) in [6.07, 6.45) is 0.952. The number of hydrogen-bond acceptors (Lipinski definition) is 5. The number of aliphatic carboxylic acids is 2. The van der Waals surface area contributed by atoms with Crippen molar-refractivity contribution < 1.29 is 52.4 Å². The van der Waals surface area contributed by atoms with Crippen LogP contribution < -0.4 is 5.32 Å². The average Bonchev–Trinajstić information content (AvgIpc) is 2.77. The summed E-state index contributed by atoms with van der Waals surface area (Å²) in [7, 11) is 3.12. The van der Waals surface area contributed by atoms with Crippen molar-refractivity contribution in [3.63, 3.8) is 0 Å². The van der Waals surface area contributed by atoms with Crippen LogP contribution in [0, 0.1) is 16.7 Å². The maximum atomic E-state index is 12.8. The first kappa shape index (κ1) is 22.7. The average molecular weight is 562 g/mol. The van der Waals surface area contributed by atoms with Crippen LogP contribution in [0.25, 0.3) is 0 Å². The standard InChI is InChI=1S/C14H24NO4.C2H4O2S.Hg/c1-9(19-5)8-15-12(18)14(4)7-6-10(11(16)17)13(14,2)3;3-2(4)1-5;/h9-10H,1,6-8H2,2-5H3,(H,15,18)(H,16,17);5H,1H2,(H,3,4);/q;;+1/p-1. The molecule has 1 saturated carbocycles. The molecular formula is C16H27HgNO6S. The third kappa shape index (κ3) is 5.56. The van der Waals surface area contributed by atoms with Gasteiger partial charge in [0.25, 0.3) is 0 Å². The van der Waals surface area contributed by atoms with Crippen molar-refractivity contribution in [3.8, 4) is 0 Å². The van der Waals surface area contributed by atoms with Gasteiger partial charge in [0.2, 0.25) is 0 Å². The minimum atomic E-state index is -1.38. The molecule has 0 bridgehead atoms. The van der Waals surface area contributed by atoms with Crippen molar-refractivity contribution >= 4 is 26.1 Å². The molecule has 0 heterocycles. The van der Waals surface area contributed by atoms with E-state index in [1.807, 2.05) is 20.8 Å². The number of rotatable bonds is 10. The van der Waals surface area contributed by atoms with Gasteiger partial charge < -0.3 is 0 Å². The fourth-order valence-corrected chi connectivity index (χ4v) is 14.6. The van der Waals surface area contributed by atoms with Gasteiger partial charge in [0, 0.05) is 0 Å². The Labute approximate surface area is 163 Å². The first-order valence-corrected chi connectivity index (χ1v) is 20.2. The quantitative estimate of drug-likeness (QED) is 0.276. The molecule has 1 fully saturated rings. The van der Waals surface area contributed by atoms with E-state index in [0.29, 0.717) is 19.4 Å². The number of carbonyl (C=O) groups excluding carboxylic acids is 1. The van der Waals surface area contributed by atoms with Gasteiger partial charge in [-0.05, 0) is 0 Å². The Morgan fingerprint density at radius 1 is 1.32 bits per heavy atom. The number of nitrogens with one attached hydrogen (secondary N) is 1. The van der Waals surface area contributed by atoms with E-state index >= 15 is 0 Å². The van der Waals surface area contributed by atoms with Crippen LogP contribution in [0.1, 0.15) is 33.6 Å². The van der Waals surface area contributed by atoms with Crippen LogP contribution >= 0.6 is 8.24 Å². The second kappa shape index (κ2) is 9.55. The van der Waals surface area contributed by atoms with Crippen LogP contribution in [0.2, 0.25) is 3.93 Å². The Kier molecular flexibility index (Phi) is 8.67. The number of hydrogen-bond donors (Lipinski definition) is 3. The molecule has 0 saturated heterocycles. The second-order valence-corrected chi connectivity index (χ2v) is 20.2. The van der Waals surface area contributed by atoms with Gasteiger partial charge in [-0.15, -0.1) is 0 Å². The third-order valence-electron chi connectivity index (χ3n) is 5.66.